The predicted octanol–water partition coefficient (Wildman–Crippen LogP) is 7.70. The standard InChI is InChI=1S/C24H22BrCl2IN2O3/c1-3-32-22-9-15(12-29-16-6-7-18(25)20(27)10-16)8-21(28)24(22)33-13-23(31)30-17-5-4-14(2)19(26)11-17/h4-11,29H,3,12-13H2,1-2H3,(H,30,31). The number of anilines is 2. The molecule has 0 heterocycles. The molecule has 0 saturated carbocycles. The minimum absolute atomic E-state index is 0.156. The summed E-state index contributed by atoms with van der Waals surface area (Å²) < 4.78 is 13.3. The number of aryl methyl sites for hydroxylation is 1. The van der Waals surface area contributed by atoms with E-state index in [9.17, 15) is 4.79 Å². The molecule has 0 radical (unpaired) electrons. The second kappa shape index (κ2) is 12.1. The molecule has 174 valence electrons. The fourth-order valence-electron chi connectivity index (χ4n) is 2.94. The number of nitrogens with one attached hydrogen (secondary N) is 2. The maximum atomic E-state index is 12.4. The van der Waals surface area contributed by atoms with E-state index >= 15 is 0 Å². The fraction of sp³-hybridized carbons (Fsp3) is 0.208. The molecule has 0 bridgehead atoms. The Bertz CT molecular complexity index is 1160. The number of halogens is 4. The van der Waals surface area contributed by atoms with Gasteiger partial charge >= 0.3 is 0 Å². The summed E-state index contributed by atoms with van der Waals surface area (Å²) in [6.45, 7) is 4.69. The van der Waals surface area contributed by atoms with Gasteiger partial charge in [0, 0.05) is 27.4 Å². The molecule has 0 aromatic heterocycles. The van der Waals surface area contributed by atoms with E-state index in [0.29, 0.717) is 40.4 Å². The Morgan fingerprint density at radius 1 is 1.03 bits per heavy atom. The van der Waals surface area contributed by atoms with E-state index in [2.05, 4.69) is 49.2 Å². The zero-order valence-electron chi connectivity index (χ0n) is 18.0. The minimum atomic E-state index is -0.286. The van der Waals surface area contributed by atoms with Gasteiger partial charge in [-0.25, -0.2) is 0 Å². The van der Waals surface area contributed by atoms with Gasteiger partial charge in [0.1, 0.15) is 0 Å². The molecule has 2 N–H and O–H groups in total. The SMILES string of the molecule is CCOc1cc(CNc2ccc(Br)c(Cl)c2)cc(I)c1OCC(=O)Nc1ccc(C)c(Cl)c1. The van der Waals surface area contributed by atoms with Crippen molar-refractivity contribution < 1.29 is 14.3 Å². The summed E-state index contributed by atoms with van der Waals surface area (Å²) in [7, 11) is 0. The van der Waals surface area contributed by atoms with Crippen LogP contribution >= 0.6 is 61.7 Å². The molecular weight excluding hydrogens is 642 g/mol. The number of carbonyl (C=O) groups excluding carboxylic acids is 1. The number of hydrogen-bond donors (Lipinski definition) is 2. The van der Waals surface area contributed by atoms with Crippen LogP contribution < -0.4 is 20.1 Å². The molecular formula is C24H22BrCl2IN2O3. The molecule has 3 aromatic carbocycles. The highest BCUT2D eigenvalue weighted by molar-refractivity contribution is 14.1. The summed E-state index contributed by atoms with van der Waals surface area (Å²) in [5, 5.41) is 7.38. The van der Waals surface area contributed by atoms with Crippen molar-refractivity contribution in [1.29, 1.82) is 0 Å². The summed E-state index contributed by atoms with van der Waals surface area (Å²) >= 11 is 17.9. The lowest BCUT2D eigenvalue weighted by molar-refractivity contribution is -0.118. The molecule has 9 heteroatoms. The Kier molecular flexibility index (Phi) is 9.55. The Balaban J connectivity index is 1.67. The highest BCUT2D eigenvalue weighted by Crippen LogP contribution is 2.35. The van der Waals surface area contributed by atoms with Gasteiger partial charge in [0.2, 0.25) is 0 Å². The van der Waals surface area contributed by atoms with E-state index in [-0.39, 0.29) is 12.5 Å². The lowest BCUT2D eigenvalue weighted by atomic mass is 10.2. The van der Waals surface area contributed by atoms with Crippen LogP contribution in [-0.2, 0) is 11.3 Å². The zero-order valence-corrected chi connectivity index (χ0v) is 23.2. The molecule has 3 aromatic rings. The maximum absolute atomic E-state index is 12.4. The molecule has 0 aliphatic carbocycles. The maximum Gasteiger partial charge on any atom is 0.262 e. The number of carbonyl (C=O) groups is 1. The average molecular weight is 664 g/mol. The molecule has 3 rings (SSSR count). The van der Waals surface area contributed by atoms with E-state index in [1.54, 1.807) is 12.1 Å². The first-order chi connectivity index (χ1) is 15.8. The van der Waals surface area contributed by atoms with Crippen molar-refractivity contribution >= 4 is 79.0 Å². The third-order valence-electron chi connectivity index (χ3n) is 4.59. The summed E-state index contributed by atoms with van der Waals surface area (Å²) in [6.07, 6.45) is 0. The van der Waals surface area contributed by atoms with Gasteiger partial charge in [-0.2, -0.15) is 0 Å². The number of benzene rings is 3. The monoisotopic (exact) mass is 662 g/mol. The van der Waals surface area contributed by atoms with Crippen molar-refractivity contribution in [2.75, 3.05) is 23.8 Å². The van der Waals surface area contributed by atoms with Gasteiger partial charge < -0.3 is 20.1 Å². The quantitative estimate of drug-likeness (QED) is 0.231. The fourth-order valence-corrected chi connectivity index (χ4v) is 4.37. The van der Waals surface area contributed by atoms with Crippen molar-refractivity contribution in [3.05, 3.63) is 77.7 Å². The van der Waals surface area contributed by atoms with E-state index in [1.165, 1.54) is 0 Å². The number of amides is 1. The average Bonchev–Trinajstić information content (AvgIpc) is 2.77. The van der Waals surface area contributed by atoms with Crippen molar-refractivity contribution in [2.45, 2.75) is 20.4 Å². The van der Waals surface area contributed by atoms with Gasteiger partial charge in [-0.3, -0.25) is 4.79 Å². The van der Waals surface area contributed by atoms with Crippen LogP contribution in [0.5, 0.6) is 11.5 Å². The first-order valence-corrected chi connectivity index (χ1v) is 12.7. The van der Waals surface area contributed by atoms with Crippen LogP contribution in [0.3, 0.4) is 0 Å². The van der Waals surface area contributed by atoms with Crippen LogP contribution in [0.4, 0.5) is 11.4 Å². The van der Waals surface area contributed by atoms with Crippen molar-refractivity contribution in [3.8, 4) is 11.5 Å². The molecule has 1 amide bonds. The van der Waals surface area contributed by atoms with E-state index in [4.69, 9.17) is 32.7 Å². The summed E-state index contributed by atoms with van der Waals surface area (Å²) in [6, 6.07) is 15.0. The summed E-state index contributed by atoms with van der Waals surface area (Å²) in [5.41, 5.74) is 3.48. The van der Waals surface area contributed by atoms with Crippen molar-refractivity contribution in [3.63, 3.8) is 0 Å². The first kappa shape index (κ1) is 25.9. The second-order valence-electron chi connectivity index (χ2n) is 7.12. The topological polar surface area (TPSA) is 59.6 Å². The second-order valence-corrected chi connectivity index (χ2v) is 9.95. The van der Waals surface area contributed by atoms with Crippen LogP contribution in [0, 0.1) is 10.5 Å². The summed E-state index contributed by atoms with van der Waals surface area (Å²) in [4.78, 5) is 12.4. The lowest BCUT2D eigenvalue weighted by Gasteiger charge is -2.16. The predicted molar refractivity (Wildman–Crippen MR) is 147 cm³/mol. The Hall–Kier alpha value is -1.68. The van der Waals surface area contributed by atoms with E-state index < -0.39 is 0 Å². The van der Waals surface area contributed by atoms with E-state index in [1.807, 2.05) is 50.2 Å². The smallest absolute Gasteiger partial charge is 0.262 e. The number of hydrogen-bond acceptors (Lipinski definition) is 4. The van der Waals surface area contributed by atoms with Crippen molar-refractivity contribution in [2.24, 2.45) is 0 Å². The first-order valence-electron chi connectivity index (χ1n) is 10.1. The molecule has 0 atom stereocenters. The van der Waals surface area contributed by atoms with Gasteiger partial charge in [-0.05, 0) is 106 Å². The van der Waals surface area contributed by atoms with Gasteiger partial charge in [0.25, 0.3) is 5.91 Å². The molecule has 0 saturated heterocycles. The van der Waals surface area contributed by atoms with Crippen LogP contribution in [0.25, 0.3) is 0 Å². The van der Waals surface area contributed by atoms with Crippen LogP contribution in [0.15, 0.2) is 53.0 Å². The van der Waals surface area contributed by atoms with Crippen LogP contribution in [0.1, 0.15) is 18.1 Å². The normalized spacial score (nSPS) is 10.6. The van der Waals surface area contributed by atoms with Gasteiger partial charge in [0.15, 0.2) is 18.1 Å². The molecule has 0 aliphatic rings. The molecule has 33 heavy (non-hydrogen) atoms. The highest BCUT2D eigenvalue weighted by atomic mass is 127. The van der Waals surface area contributed by atoms with Gasteiger partial charge in [0.05, 0.1) is 15.2 Å². The van der Waals surface area contributed by atoms with E-state index in [0.717, 1.165) is 24.9 Å². The van der Waals surface area contributed by atoms with Gasteiger partial charge in [-0.15, -0.1) is 0 Å². The number of rotatable bonds is 9. The molecule has 0 spiro atoms. The third-order valence-corrected chi connectivity index (χ3v) is 7.03. The third kappa shape index (κ3) is 7.40. The Morgan fingerprint density at radius 3 is 2.45 bits per heavy atom. The zero-order chi connectivity index (χ0) is 24.0. The number of ether oxygens (including phenoxy) is 2. The largest absolute Gasteiger partial charge is 0.490 e. The summed E-state index contributed by atoms with van der Waals surface area (Å²) in [5.74, 6) is 0.831. The Morgan fingerprint density at radius 2 is 1.76 bits per heavy atom. The van der Waals surface area contributed by atoms with Crippen LogP contribution in [-0.4, -0.2) is 19.1 Å². The minimum Gasteiger partial charge on any atom is -0.490 e. The molecule has 0 unspecified atom stereocenters. The molecule has 0 fully saturated rings. The van der Waals surface area contributed by atoms with Crippen molar-refractivity contribution in [1.82, 2.24) is 0 Å². The molecule has 0 aliphatic heterocycles. The van der Waals surface area contributed by atoms with Gasteiger partial charge in [-0.1, -0.05) is 29.3 Å². The Labute approximate surface area is 225 Å². The van der Waals surface area contributed by atoms with Crippen LogP contribution in [0.2, 0.25) is 10.0 Å². The highest BCUT2D eigenvalue weighted by Gasteiger charge is 2.15. The molecule has 5 nitrogen and oxygen atoms in total. The lowest BCUT2D eigenvalue weighted by Crippen LogP contribution is -2.20.